The predicted octanol–water partition coefficient (Wildman–Crippen LogP) is 2.79. The van der Waals surface area contributed by atoms with E-state index in [1.807, 2.05) is 18.2 Å². The van der Waals surface area contributed by atoms with Crippen LogP contribution in [0.3, 0.4) is 0 Å². The molecule has 1 N–H and O–H groups in total. The SMILES string of the molecule is O=C(COc1ccccc1)Nc1c2c(nn1-c1ccc(F)cc1)CS(=O)C2. The van der Waals surface area contributed by atoms with Crippen molar-refractivity contribution in [2.45, 2.75) is 11.5 Å². The number of para-hydroxylation sites is 1. The van der Waals surface area contributed by atoms with Crippen molar-refractivity contribution in [1.29, 1.82) is 0 Å². The van der Waals surface area contributed by atoms with Crippen LogP contribution in [0.5, 0.6) is 5.75 Å². The highest BCUT2D eigenvalue weighted by Crippen LogP contribution is 2.31. The maximum Gasteiger partial charge on any atom is 0.263 e. The number of aromatic nitrogens is 2. The fraction of sp³-hybridized carbons (Fsp3) is 0.158. The molecule has 138 valence electrons. The molecule has 0 saturated carbocycles. The van der Waals surface area contributed by atoms with Crippen LogP contribution in [0, 0.1) is 5.82 Å². The van der Waals surface area contributed by atoms with Crippen LogP contribution in [0.1, 0.15) is 11.3 Å². The Labute approximate surface area is 157 Å². The molecule has 1 aliphatic heterocycles. The van der Waals surface area contributed by atoms with E-state index in [9.17, 15) is 13.4 Å². The summed E-state index contributed by atoms with van der Waals surface area (Å²) in [6, 6.07) is 14.8. The van der Waals surface area contributed by atoms with Gasteiger partial charge in [-0.05, 0) is 36.4 Å². The average Bonchev–Trinajstić information content (AvgIpc) is 3.19. The number of benzene rings is 2. The van der Waals surface area contributed by atoms with Gasteiger partial charge in [0.1, 0.15) is 17.4 Å². The van der Waals surface area contributed by atoms with E-state index < -0.39 is 10.8 Å². The van der Waals surface area contributed by atoms with Crippen LogP contribution in [-0.2, 0) is 27.1 Å². The van der Waals surface area contributed by atoms with Crippen LogP contribution >= 0.6 is 0 Å². The van der Waals surface area contributed by atoms with Gasteiger partial charge < -0.3 is 10.1 Å². The molecule has 2 heterocycles. The minimum absolute atomic E-state index is 0.170. The van der Waals surface area contributed by atoms with Crippen molar-refractivity contribution < 1.29 is 18.1 Å². The van der Waals surface area contributed by atoms with Crippen LogP contribution in [0.15, 0.2) is 54.6 Å². The summed E-state index contributed by atoms with van der Waals surface area (Å²) in [4.78, 5) is 12.4. The summed E-state index contributed by atoms with van der Waals surface area (Å²) in [5, 5.41) is 7.26. The van der Waals surface area contributed by atoms with E-state index in [1.165, 1.54) is 12.1 Å². The summed E-state index contributed by atoms with van der Waals surface area (Å²) < 4.78 is 32.1. The predicted molar refractivity (Wildman–Crippen MR) is 99.6 cm³/mol. The Morgan fingerprint density at radius 3 is 2.63 bits per heavy atom. The fourth-order valence-corrected chi connectivity index (χ4v) is 4.12. The molecule has 4 rings (SSSR count). The minimum Gasteiger partial charge on any atom is -0.484 e. The van der Waals surface area contributed by atoms with E-state index in [2.05, 4.69) is 10.4 Å². The van der Waals surface area contributed by atoms with E-state index in [0.717, 1.165) is 5.56 Å². The van der Waals surface area contributed by atoms with Crippen LogP contribution in [0.25, 0.3) is 5.69 Å². The number of carbonyl (C=O) groups excluding carboxylic acids is 1. The molecule has 1 aromatic heterocycles. The fourth-order valence-electron chi connectivity index (χ4n) is 2.86. The zero-order chi connectivity index (χ0) is 18.8. The molecule has 6 nitrogen and oxygen atoms in total. The molecule has 27 heavy (non-hydrogen) atoms. The van der Waals surface area contributed by atoms with Crippen molar-refractivity contribution in [2.75, 3.05) is 11.9 Å². The van der Waals surface area contributed by atoms with Crippen molar-refractivity contribution in [3.63, 3.8) is 0 Å². The van der Waals surface area contributed by atoms with Crippen LogP contribution in [0.4, 0.5) is 10.2 Å². The molecule has 3 aromatic rings. The smallest absolute Gasteiger partial charge is 0.263 e. The second-order valence-electron chi connectivity index (χ2n) is 6.04. The molecule has 0 bridgehead atoms. The quantitative estimate of drug-likeness (QED) is 0.733. The number of halogens is 1. The Morgan fingerprint density at radius 1 is 1.15 bits per heavy atom. The first kappa shape index (κ1) is 17.4. The molecule has 0 spiro atoms. The van der Waals surface area contributed by atoms with Crippen LogP contribution < -0.4 is 10.1 Å². The first-order valence-corrected chi connectivity index (χ1v) is 9.78. The van der Waals surface area contributed by atoms with Crippen molar-refractivity contribution in [3.05, 3.63) is 71.7 Å². The number of carbonyl (C=O) groups is 1. The number of anilines is 1. The number of hydrogen-bond acceptors (Lipinski definition) is 4. The zero-order valence-corrected chi connectivity index (χ0v) is 15.0. The van der Waals surface area contributed by atoms with E-state index in [0.29, 0.717) is 34.5 Å². The molecule has 8 heteroatoms. The summed E-state index contributed by atoms with van der Waals surface area (Å²) in [5.41, 5.74) is 2.03. The van der Waals surface area contributed by atoms with Crippen LogP contribution in [-0.4, -0.2) is 26.5 Å². The van der Waals surface area contributed by atoms with Crippen LogP contribution in [0.2, 0.25) is 0 Å². The number of nitrogens with one attached hydrogen (secondary N) is 1. The third-order valence-electron chi connectivity index (χ3n) is 4.11. The van der Waals surface area contributed by atoms with E-state index >= 15 is 0 Å². The Balaban J connectivity index is 1.58. The molecule has 0 aliphatic carbocycles. The Bertz CT molecular complexity index is 1000. The van der Waals surface area contributed by atoms with Gasteiger partial charge in [0.2, 0.25) is 0 Å². The molecule has 1 aliphatic rings. The number of nitrogens with zero attached hydrogens (tertiary/aromatic N) is 2. The van der Waals surface area contributed by atoms with E-state index in [-0.39, 0.29) is 18.3 Å². The lowest BCUT2D eigenvalue weighted by atomic mass is 10.2. The normalized spacial score (nSPS) is 15.4. The summed E-state index contributed by atoms with van der Waals surface area (Å²) >= 11 is 0. The van der Waals surface area contributed by atoms with E-state index in [4.69, 9.17) is 4.74 Å². The largest absolute Gasteiger partial charge is 0.484 e. The second kappa shape index (κ2) is 7.32. The molecule has 1 amide bonds. The monoisotopic (exact) mass is 385 g/mol. The van der Waals surface area contributed by atoms with Gasteiger partial charge in [-0.25, -0.2) is 9.07 Å². The van der Waals surface area contributed by atoms with Gasteiger partial charge >= 0.3 is 0 Å². The number of ether oxygens (including phenoxy) is 1. The zero-order valence-electron chi connectivity index (χ0n) is 14.2. The number of hydrogen-bond donors (Lipinski definition) is 1. The Morgan fingerprint density at radius 2 is 1.89 bits per heavy atom. The van der Waals surface area contributed by atoms with Crippen molar-refractivity contribution in [1.82, 2.24) is 9.78 Å². The van der Waals surface area contributed by atoms with Gasteiger partial charge in [0.25, 0.3) is 5.91 Å². The lowest BCUT2D eigenvalue weighted by Gasteiger charge is -2.11. The molecule has 1 atom stereocenters. The summed E-state index contributed by atoms with van der Waals surface area (Å²) in [6.45, 7) is -0.170. The van der Waals surface area contributed by atoms with Gasteiger partial charge in [0.05, 0.1) is 22.9 Å². The van der Waals surface area contributed by atoms with Crippen molar-refractivity contribution in [3.8, 4) is 11.4 Å². The van der Waals surface area contributed by atoms with Crippen molar-refractivity contribution in [2.24, 2.45) is 0 Å². The highest BCUT2D eigenvalue weighted by molar-refractivity contribution is 7.83. The Hall–Kier alpha value is -3.00. The van der Waals surface area contributed by atoms with Gasteiger partial charge in [-0.1, -0.05) is 18.2 Å². The highest BCUT2D eigenvalue weighted by atomic mass is 32.2. The third kappa shape index (κ3) is 3.75. The number of amides is 1. The molecule has 1 unspecified atom stereocenters. The molecular formula is C19H16FN3O3S. The maximum atomic E-state index is 13.2. The minimum atomic E-state index is -1.03. The van der Waals surface area contributed by atoms with Crippen molar-refractivity contribution >= 4 is 22.5 Å². The third-order valence-corrected chi connectivity index (χ3v) is 5.32. The molecule has 0 radical (unpaired) electrons. The standard InChI is InChI=1S/C19H16FN3O3S/c20-13-6-8-14(9-7-13)23-19(16-11-27(25)12-17(16)22-23)21-18(24)10-26-15-4-2-1-3-5-15/h1-9H,10-12H2,(H,21,24). The Kier molecular flexibility index (Phi) is 4.72. The topological polar surface area (TPSA) is 73.2 Å². The summed E-state index contributed by atoms with van der Waals surface area (Å²) in [5.74, 6) is 0.984. The van der Waals surface area contributed by atoms with Gasteiger partial charge in [0, 0.05) is 16.4 Å². The summed E-state index contributed by atoms with van der Waals surface area (Å²) in [6.07, 6.45) is 0. The molecule has 0 fully saturated rings. The van der Waals surface area contributed by atoms with Gasteiger partial charge in [0.15, 0.2) is 6.61 Å². The number of fused-ring (bicyclic) bond motifs is 1. The second-order valence-corrected chi connectivity index (χ2v) is 7.50. The highest BCUT2D eigenvalue weighted by Gasteiger charge is 2.28. The summed E-state index contributed by atoms with van der Waals surface area (Å²) in [7, 11) is -1.03. The average molecular weight is 385 g/mol. The molecule has 0 saturated heterocycles. The molecular weight excluding hydrogens is 369 g/mol. The first-order valence-electron chi connectivity index (χ1n) is 8.29. The first-order chi connectivity index (χ1) is 13.1. The lowest BCUT2D eigenvalue weighted by molar-refractivity contribution is -0.118. The van der Waals surface area contributed by atoms with Gasteiger partial charge in [-0.15, -0.1) is 0 Å². The number of rotatable bonds is 5. The van der Waals surface area contributed by atoms with Gasteiger partial charge in [-0.2, -0.15) is 5.10 Å². The lowest BCUT2D eigenvalue weighted by Crippen LogP contribution is -2.22. The molecule has 2 aromatic carbocycles. The maximum absolute atomic E-state index is 13.2. The van der Waals surface area contributed by atoms with Gasteiger partial charge in [-0.3, -0.25) is 9.00 Å². The van der Waals surface area contributed by atoms with E-state index in [1.54, 1.807) is 28.9 Å².